The highest BCUT2D eigenvalue weighted by atomic mass is 16.6. The quantitative estimate of drug-likeness (QED) is 0.402. The normalized spacial score (nSPS) is 11.9. The number of anilines is 2. The van der Waals surface area contributed by atoms with Gasteiger partial charge in [0.15, 0.2) is 0 Å². The molecule has 17 heavy (non-hydrogen) atoms. The molecule has 0 amide bonds. The summed E-state index contributed by atoms with van der Waals surface area (Å²) in [6.07, 6.45) is 1.98. The van der Waals surface area contributed by atoms with Crippen LogP contribution in [0.15, 0.2) is 18.2 Å². The van der Waals surface area contributed by atoms with Crippen LogP contribution < -0.4 is 16.6 Å². The molecule has 0 aliphatic rings. The van der Waals surface area contributed by atoms with E-state index in [0.29, 0.717) is 11.4 Å². The van der Waals surface area contributed by atoms with E-state index in [4.69, 9.17) is 5.84 Å². The van der Waals surface area contributed by atoms with Gasteiger partial charge in [0.25, 0.3) is 0 Å². The van der Waals surface area contributed by atoms with E-state index in [2.05, 4.69) is 17.7 Å². The number of hydrogen-bond donors (Lipinski definition) is 3. The van der Waals surface area contributed by atoms with E-state index < -0.39 is 4.92 Å². The van der Waals surface area contributed by atoms with Gasteiger partial charge < -0.3 is 10.7 Å². The summed E-state index contributed by atoms with van der Waals surface area (Å²) in [5.41, 5.74) is 3.13. The average molecular weight is 238 g/mol. The molecule has 6 heteroatoms. The summed E-state index contributed by atoms with van der Waals surface area (Å²) in [6.45, 7) is 4.07. The van der Waals surface area contributed by atoms with Crippen molar-refractivity contribution in [2.45, 2.75) is 32.7 Å². The molecule has 4 N–H and O–H groups in total. The number of nitrogens with one attached hydrogen (secondary N) is 2. The summed E-state index contributed by atoms with van der Waals surface area (Å²) in [5, 5.41) is 14.1. The Hall–Kier alpha value is -1.82. The lowest BCUT2D eigenvalue weighted by Gasteiger charge is -2.15. The molecule has 0 bridgehead atoms. The second-order valence-corrected chi connectivity index (χ2v) is 3.94. The molecule has 0 fully saturated rings. The largest absolute Gasteiger partial charge is 0.377 e. The van der Waals surface area contributed by atoms with Crippen molar-refractivity contribution in [1.29, 1.82) is 0 Å². The number of benzene rings is 1. The molecule has 0 spiro atoms. The minimum absolute atomic E-state index is 0.0158. The van der Waals surface area contributed by atoms with Gasteiger partial charge in [-0.1, -0.05) is 19.4 Å². The van der Waals surface area contributed by atoms with Crippen LogP contribution in [0, 0.1) is 10.1 Å². The molecule has 0 aromatic heterocycles. The van der Waals surface area contributed by atoms with Crippen molar-refractivity contribution in [2.24, 2.45) is 5.84 Å². The Labute approximate surface area is 100 Å². The Morgan fingerprint density at radius 1 is 1.47 bits per heavy atom. The molecule has 1 aromatic carbocycles. The summed E-state index contributed by atoms with van der Waals surface area (Å²) in [7, 11) is 0. The molecule has 1 rings (SSSR count). The van der Waals surface area contributed by atoms with Crippen LogP contribution in [-0.4, -0.2) is 11.0 Å². The van der Waals surface area contributed by atoms with E-state index in [1.54, 1.807) is 18.2 Å². The molecule has 0 radical (unpaired) electrons. The van der Waals surface area contributed by atoms with Crippen LogP contribution in [0.1, 0.15) is 26.7 Å². The van der Waals surface area contributed by atoms with Crippen LogP contribution in [-0.2, 0) is 0 Å². The van der Waals surface area contributed by atoms with Crippen LogP contribution in [0.2, 0.25) is 0 Å². The van der Waals surface area contributed by atoms with Gasteiger partial charge in [0.05, 0.1) is 4.92 Å². The summed E-state index contributed by atoms with van der Waals surface area (Å²) in [4.78, 5) is 10.6. The maximum atomic E-state index is 11.0. The zero-order valence-electron chi connectivity index (χ0n) is 10.1. The Morgan fingerprint density at radius 2 is 2.12 bits per heavy atom. The molecule has 1 unspecified atom stereocenters. The van der Waals surface area contributed by atoms with Gasteiger partial charge in [0.2, 0.25) is 0 Å². The Morgan fingerprint density at radius 3 is 2.65 bits per heavy atom. The van der Waals surface area contributed by atoms with Crippen molar-refractivity contribution in [1.82, 2.24) is 0 Å². The number of nitro benzene ring substituents is 1. The van der Waals surface area contributed by atoms with Gasteiger partial charge in [-0.2, -0.15) is 0 Å². The maximum absolute atomic E-state index is 11.0. The van der Waals surface area contributed by atoms with Crippen LogP contribution in [0.4, 0.5) is 17.1 Å². The average Bonchev–Trinajstić information content (AvgIpc) is 2.28. The van der Waals surface area contributed by atoms with Crippen molar-refractivity contribution in [3.05, 3.63) is 28.3 Å². The molecular weight excluding hydrogens is 220 g/mol. The fourth-order valence-corrected chi connectivity index (χ4v) is 1.74. The van der Waals surface area contributed by atoms with Crippen LogP contribution >= 0.6 is 0 Å². The van der Waals surface area contributed by atoms with E-state index >= 15 is 0 Å². The van der Waals surface area contributed by atoms with E-state index in [1.165, 1.54) is 0 Å². The second kappa shape index (κ2) is 6.05. The predicted molar refractivity (Wildman–Crippen MR) is 68.9 cm³/mol. The fourth-order valence-electron chi connectivity index (χ4n) is 1.74. The lowest BCUT2D eigenvalue weighted by molar-refractivity contribution is -0.383. The predicted octanol–water partition coefficient (Wildman–Crippen LogP) is 2.48. The van der Waals surface area contributed by atoms with Crippen LogP contribution in [0.5, 0.6) is 0 Å². The first-order chi connectivity index (χ1) is 8.10. The number of hydrazine groups is 1. The smallest absolute Gasteiger partial charge is 0.316 e. The van der Waals surface area contributed by atoms with Crippen molar-refractivity contribution in [3.63, 3.8) is 0 Å². The second-order valence-electron chi connectivity index (χ2n) is 3.94. The lowest BCUT2D eigenvalue weighted by atomic mass is 10.1. The molecule has 0 aliphatic heterocycles. The monoisotopic (exact) mass is 238 g/mol. The molecule has 0 aliphatic carbocycles. The molecule has 0 heterocycles. The fraction of sp³-hybridized carbons (Fsp3) is 0.455. The molecule has 6 nitrogen and oxygen atoms in total. The summed E-state index contributed by atoms with van der Waals surface area (Å²) >= 11 is 0. The third kappa shape index (κ3) is 3.32. The van der Waals surface area contributed by atoms with Gasteiger partial charge in [-0.05, 0) is 25.5 Å². The standard InChI is InChI=1S/C11H18N4O2/c1-3-5-8(2)13-9-6-4-7-10(14-12)11(9)15(16)17/h4,6-8,13-14H,3,5,12H2,1-2H3. The zero-order chi connectivity index (χ0) is 12.8. The number of nitrogens with two attached hydrogens (primary N) is 1. The third-order valence-electron chi connectivity index (χ3n) is 2.50. The summed E-state index contributed by atoms with van der Waals surface area (Å²) in [6, 6.07) is 5.18. The third-order valence-corrected chi connectivity index (χ3v) is 2.50. The van der Waals surface area contributed by atoms with Gasteiger partial charge in [-0.15, -0.1) is 0 Å². The first-order valence-corrected chi connectivity index (χ1v) is 5.60. The first kappa shape index (κ1) is 13.2. The van der Waals surface area contributed by atoms with Crippen LogP contribution in [0.3, 0.4) is 0 Å². The SMILES string of the molecule is CCCC(C)Nc1cccc(NN)c1[N+](=O)[O-]. The number of rotatable bonds is 6. The molecule has 0 saturated carbocycles. The van der Waals surface area contributed by atoms with Crippen molar-refractivity contribution < 1.29 is 4.92 Å². The Kier molecular flexibility index (Phi) is 4.71. The van der Waals surface area contributed by atoms with Gasteiger partial charge in [0.1, 0.15) is 11.4 Å². The van der Waals surface area contributed by atoms with Gasteiger partial charge in [-0.3, -0.25) is 16.0 Å². The number of nitrogen functional groups attached to an aromatic ring is 1. The minimum atomic E-state index is -0.434. The molecule has 94 valence electrons. The van der Waals surface area contributed by atoms with Crippen molar-refractivity contribution in [2.75, 3.05) is 10.7 Å². The van der Waals surface area contributed by atoms with E-state index in [9.17, 15) is 10.1 Å². The van der Waals surface area contributed by atoms with Gasteiger partial charge in [-0.25, -0.2) is 0 Å². The van der Waals surface area contributed by atoms with Crippen molar-refractivity contribution in [3.8, 4) is 0 Å². The molecule has 0 saturated heterocycles. The topological polar surface area (TPSA) is 93.2 Å². The number of hydrogen-bond acceptors (Lipinski definition) is 5. The Balaban J connectivity index is 3.02. The molecule has 1 atom stereocenters. The van der Waals surface area contributed by atoms with E-state index in [-0.39, 0.29) is 11.7 Å². The van der Waals surface area contributed by atoms with Crippen LogP contribution in [0.25, 0.3) is 0 Å². The van der Waals surface area contributed by atoms with Gasteiger partial charge in [0, 0.05) is 6.04 Å². The lowest BCUT2D eigenvalue weighted by Crippen LogP contribution is -2.17. The minimum Gasteiger partial charge on any atom is -0.377 e. The molecular formula is C11H18N4O2. The maximum Gasteiger partial charge on any atom is 0.316 e. The molecule has 1 aromatic rings. The summed E-state index contributed by atoms with van der Waals surface area (Å²) < 4.78 is 0. The number of nitrogens with zero attached hydrogens (tertiary/aromatic N) is 1. The summed E-state index contributed by atoms with van der Waals surface area (Å²) in [5.74, 6) is 5.26. The first-order valence-electron chi connectivity index (χ1n) is 5.60. The Bertz CT molecular complexity index is 395. The van der Waals surface area contributed by atoms with E-state index in [1.807, 2.05) is 6.92 Å². The van der Waals surface area contributed by atoms with Crippen molar-refractivity contribution >= 4 is 17.1 Å². The van der Waals surface area contributed by atoms with Gasteiger partial charge >= 0.3 is 5.69 Å². The number of para-hydroxylation sites is 1. The highest BCUT2D eigenvalue weighted by Gasteiger charge is 2.19. The highest BCUT2D eigenvalue weighted by Crippen LogP contribution is 2.32. The van der Waals surface area contributed by atoms with E-state index in [0.717, 1.165) is 12.8 Å². The highest BCUT2D eigenvalue weighted by molar-refractivity contribution is 5.75. The zero-order valence-corrected chi connectivity index (χ0v) is 10.1. The number of nitro groups is 1.